The maximum absolute atomic E-state index is 5.51. The van der Waals surface area contributed by atoms with Crippen molar-refractivity contribution >= 4 is 0 Å². The first-order valence-corrected chi connectivity index (χ1v) is 8.06. The average molecular weight is 323 g/mol. The van der Waals surface area contributed by atoms with Crippen LogP contribution in [0.5, 0.6) is 11.5 Å². The van der Waals surface area contributed by atoms with Crippen molar-refractivity contribution < 1.29 is 13.9 Å². The summed E-state index contributed by atoms with van der Waals surface area (Å²) in [5, 5.41) is 0. The van der Waals surface area contributed by atoms with Gasteiger partial charge in [0.1, 0.15) is 11.5 Å². The smallest absolute Gasteiger partial charge is 0.231 e. The minimum absolute atomic E-state index is 0.315. The summed E-state index contributed by atoms with van der Waals surface area (Å²) in [4.78, 5) is 6.97. The van der Waals surface area contributed by atoms with Crippen LogP contribution in [-0.2, 0) is 19.6 Å². The zero-order valence-corrected chi connectivity index (χ0v) is 13.1. The molecule has 2 aromatic heterocycles. The van der Waals surface area contributed by atoms with Gasteiger partial charge in [-0.15, -0.1) is 0 Å². The summed E-state index contributed by atoms with van der Waals surface area (Å²) in [5.74, 6) is 3.62. The van der Waals surface area contributed by atoms with Crippen LogP contribution in [0.3, 0.4) is 0 Å². The van der Waals surface area contributed by atoms with Crippen molar-refractivity contribution in [2.75, 3.05) is 13.3 Å². The Morgan fingerprint density at radius 3 is 2.96 bits per heavy atom. The van der Waals surface area contributed by atoms with E-state index < -0.39 is 0 Å². The van der Waals surface area contributed by atoms with E-state index in [4.69, 9.17) is 13.9 Å². The van der Waals surface area contributed by atoms with Crippen molar-refractivity contribution in [2.45, 2.75) is 19.6 Å². The van der Waals surface area contributed by atoms with Gasteiger partial charge in [0.15, 0.2) is 17.3 Å². The van der Waals surface area contributed by atoms with Crippen molar-refractivity contribution in [3.05, 3.63) is 54.2 Å². The molecule has 2 aliphatic rings. The van der Waals surface area contributed by atoms with Gasteiger partial charge in [-0.1, -0.05) is 6.07 Å². The van der Waals surface area contributed by atoms with Gasteiger partial charge in [-0.25, -0.2) is 4.98 Å². The molecule has 24 heavy (non-hydrogen) atoms. The lowest BCUT2D eigenvalue weighted by Gasteiger charge is -2.28. The third-order valence-electron chi connectivity index (χ3n) is 4.56. The summed E-state index contributed by atoms with van der Waals surface area (Å²) < 4.78 is 18.6. The van der Waals surface area contributed by atoms with Crippen LogP contribution in [0.4, 0.5) is 0 Å². The first kappa shape index (κ1) is 13.7. The first-order chi connectivity index (χ1) is 11.9. The van der Waals surface area contributed by atoms with Crippen molar-refractivity contribution in [1.82, 2.24) is 14.5 Å². The minimum Gasteiger partial charge on any atom is -0.463 e. The van der Waals surface area contributed by atoms with Crippen LogP contribution >= 0.6 is 0 Å². The molecule has 4 heterocycles. The summed E-state index contributed by atoms with van der Waals surface area (Å²) in [5.41, 5.74) is 2.28. The number of furan rings is 1. The molecular weight excluding hydrogens is 306 g/mol. The lowest BCUT2D eigenvalue weighted by Crippen LogP contribution is -2.33. The Bertz CT molecular complexity index is 870. The predicted octanol–water partition coefficient (Wildman–Crippen LogP) is 2.89. The topological polar surface area (TPSA) is 52.7 Å². The Morgan fingerprint density at radius 1 is 1.08 bits per heavy atom. The molecule has 6 nitrogen and oxygen atoms in total. The number of benzene rings is 1. The molecule has 0 radical (unpaired) electrons. The molecule has 0 bridgehead atoms. The molecule has 1 aromatic carbocycles. The molecule has 0 saturated carbocycles. The van der Waals surface area contributed by atoms with Crippen LogP contribution in [0.25, 0.3) is 11.5 Å². The van der Waals surface area contributed by atoms with Crippen LogP contribution in [-0.4, -0.2) is 27.8 Å². The summed E-state index contributed by atoms with van der Waals surface area (Å²) in [7, 11) is 0. The SMILES string of the molecule is c1coc(-c2cnc3n2CCN(Cc2ccc4c(c2)OCO4)C3)c1. The Balaban J connectivity index is 1.34. The molecule has 6 heteroatoms. The molecule has 0 atom stereocenters. The molecule has 0 amide bonds. The monoisotopic (exact) mass is 323 g/mol. The Hall–Kier alpha value is -2.73. The number of ether oxygens (including phenoxy) is 2. The highest BCUT2D eigenvalue weighted by Gasteiger charge is 2.22. The fourth-order valence-corrected chi connectivity index (χ4v) is 3.36. The van der Waals surface area contributed by atoms with E-state index in [1.165, 1.54) is 5.56 Å². The van der Waals surface area contributed by atoms with E-state index in [9.17, 15) is 0 Å². The quantitative estimate of drug-likeness (QED) is 0.742. The second kappa shape index (κ2) is 5.42. The fourth-order valence-electron chi connectivity index (χ4n) is 3.36. The second-order valence-electron chi connectivity index (χ2n) is 6.09. The Kier molecular flexibility index (Phi) is 3.09. The van der Waals surface area contributed by atoms with Gasteiger partial charge in [0.05, 0.1) is 19.0 Å². The number of rotatable bonds is 3. The van der Waals surface area contributed by atoms with Crippen molar-refractivity contribution in [2.24, 2.45) is 0 Å². The molecular formula is C18H17N3O3. The number of hydrogen-bond donors (Lipinski definition) is 0. The lowest BCUT2D eigenvalue weighted by atomic mass is 10.1. The molecule has 0 saturated heterocycles. The molecule has 0 aliphatic carbocycles. The third kappa shape index (κ3) is 2.27. The Morgan fingerprint density at radius 2 is 2.04 bits per heavy atom. The summed E-state index contributed by atoms with van der Waals surface area (Å²) >= 11 is 0. The zero-order chi connectivity index (χ0) is 15.9. The lowest BCUT2D eigenvalue weighted by molar-refractivity contribution is 0.173. The molecule has 0 unspecified atom stereocenters. The van der Waals surface area contributed by atoms with Crippen molar-refractivity contribution in [1.29, 1.82) is 0 Å². The normalized spacial score (nSPS) is 16.3. The zero-order valence-electron chi connectivity index (χ0n) is 13.1. The van der Waals surface area contributed by atoms with E-state index in [0.29, 0.717) is 6.79 Å². The molecule has 2 aliphatic heterocycles. The van der Waals surface area contributed by atoms with Crippen LogP contribution < -0.4 is 9.47 Å². The summed E-state index contributed by atoms with van der Waals surface area (Å²) in [6, 6.07) is 10.0. The fraction of sp³-hybridized carbons (Fsp3) is 0.278. The highest BCUT2D eigenvalue weighted by Crippen LogP contribution is 2.33. The van der Waals surface area contributed by atoms with E-state index in [-0.39, 0.29) is 0 Å². The first-order valence-electron chi connectivity index (χ1n) is 8.06. The third-order valence-corrected chi connectivity index (χ3v) is 4.56. The maximum atomic E-state index is 5.51. The van der Waals surface area contributed by atoms with Gasteiger partial charge in [0, 0.05) is 19.6 Å². The van der Waals surface area contributed by atoms with Gasteiger partial charge >= 0.3 is 0 Å². The number of fused-ring (bicyclic) bond motifs is 2. The van der Waals surface area contributed by atoms with Gasteiger partial charge in [-0.05, 0) is 29.8 Å². The molecule has 0 fully saturated rings. The van der Waals surface area contributed by atoms with Crippen LogP contribution in [0.2, 0.25) is 0 Å². The number of nitrogens with zero attached hydrogens (tertiary/aromatic N) is 3. The molecule has 3 aromatic rings. The van der Waals surface area contributed by atoms with E-state index in [2.05, 4.69) is 26.6 Å². The average Bonchev–Trinajstić information content (AvgIpc) is 3.34. The largest absolute Gasteiger partial charge is 0.463 e. The maximum Gasteiger partial charge on any atom is 0.231 e. The van der Waals surface area contributed by atoms with Crippen LogP contribution in [0, 0.1) is 0 Å². The minimum atomic E-state index is 0.315. The van der Waals surface area contributed by atoms with E-state index in [0.717, 1.165) is 55.0 Å². The second-order valence-corrected chi connectivity index (χ2v) is 6.09. The molecule has 5 rings (SSSR count). The summed E-state index contributed by atoms with van der Waals surface area (Å²) in [6.45, 7) is 3.91. The predicted molar refractivity (Wildman–Crippen MR) is 86.6 cm³/mol. The van der Waals surface area contributed by atoms with Gasteiger partial charge in [0.2, 0.25) is 6.79 Å². The van der Waals surface area contributed by atoms with Gasteiger partial charge < -0.3 is 18.5 Å². The number of aromatic nitrogens is 2. The summed E-state index contributed by atoms with van der Waals surface area (Å²) in [6.07, 6.45) is 3.60. The van der Waals surface area contributed by atoms with Gasteiger partial charge in [-0.3, -0.25) is 4.90 Å². The van der Waals surface area contributed by atoms with E-state index >= 15 is 0 Å². The van der Waals surface area contributed by atoms with E-state index in [1.807, 2.05) is 24.4 Å². The number of hydrogen-bond acceptors (Lipinski definition) is 5. The Labute approximate surface area is 139 Å². The van der Waals surface area contributed by atoms with Gasteiger partial charge in [0.25, 0.3) is 0 Å². The van der Waals surface area contributed by atoms with Crippen molar-refractivity contribution in [3.63, 3.8) is 0 Å². The van der Waals surface area contributed by atoms with Crippen molar-refractivity contribution in [3.8, 4) is 23.0 Å². The van der Waals surface area contributed by atoms with E-state index in [1.54, 1.807) is 6.26 Å². The number of imidazole rings is 1. The standard InChI is InChI=1S/C18H17N3O3/c1-2-15(22-7-1)14-9-19-18-11-20(5-6-21(14)18)10-13-3-4-16-17(8-13)24-12-23-16/h1-4,7-9H,5-6,10-12H2. The highest BCUT2D eigenvalue weighted by molar-refractivity contribution is 5.52. The molecule has 0 spiro atoms. The van der Waals surface area contributed by atoms with Crippen LogP contribution in [0.15, 0.2) is 47.2 Å². The highest BCUT2D eigenvalue weighted by atomic mass is 16.7. The molecule has 0 N–H and O–H groups in total. The van der Waals surface area contributed by atoms with Crippen LogP contribution in [0.1, 0.15) is 11.4 Å². The van der Waals surface area contributed by atoms with Gasteiger partial charge in [-0.2, -0.15) is 0 Å². The molecule has 122 valence electrons.